The summed E-state index contributed by atoms with van der Waals surface area (Å²) in [6, 6.07) is 3.06. The van der Waals surface area contributed by atoms with E-state index in [4.69, 9.17) is 5.26 Å². The van der Waals surface area contributed by atoms with E-state index in [1.165, 1.54) is 12.8 Å². The molecule has 1 aliphatic heterocycles. The highest BCUT2D eigenvalue weighted by atomic mass is 15.2. The van der Waals surface area contributed by atoms with Crippen molar-refractivity contribution < 1.29 is 0 Å². The number of nitrogens with one attached hydrogen (secondary N) is 1. The molecule has 0 aromatic rings. The molecule has 0 aromatic heterocycles. The van der Waals surface area contributed by atoms with Gasteiger partial charge in [0.15, 0.2) is 0 Å². The van der Waals surface area contributed by atoms with Gasteiger partial charge in [0.1, 0.15) is 6.04 Å². The summed E-state index contributed by atoms with van der Waals surface area (Å²) in [6.45, 7) is 6.18. The Kier molecular flexibility index (Phi) is 6.49. The van der Waals surface area contributed by atoms with Gasteiger partial charge in [-0.2, -0.15) is 5.26 Å². The van der Waals surface area contributed by atoms with Crippen molar-refractivity contribution in [3.05, 3.63) is 0 Å². The Morgan fingerprint density at radius 3 is 2.53 bits per heavy atom. The Labute approximate surface area is 106 Å². The highest BCUT2D eigenvalue weighted by molar-refractivity contribution is 4.93. The van der Waals surface area contributed by atoms with E-state index in [2.05, 4.69) is 42.2 Å². The lowest BCUT2D eigenvalue weighted by Crippen LogP contribution is -2.47. The van der Waals surface area contributed by atoms with Crippen LogP contribution in [0.25, 0.3) is 0 Å². The highest BCUT2D eigenvalue weighted by Gasteiger charge is 2.22. The lowest BCUT2D eigenvalue weighted by molar-refractivity contribution is 0.140. The van der Waals surface area contributed by atoms with E-state index in [1.807, 2.05) is 0 Å². The van der Waals surface area contributed by atoms with E-state index in [9.17, 15) is 0 Å². The SMILES string of the molecule is CCCNC(C#N)CN1CCC(N(C)C)CC1. The minimum absolute atomic E-state index is 0.00847. The van der Waals surface area contributed by atoms with Crippen molar-refractivity contribution in [2.75, 3.05) is 40.3 Å². The topological polar surface area (TPSA) is 42.3 Å². The van der Waals surface area contributed by atoms with Crippen molar-refractivity contribution in [2.45, 2.75) is 38.3 Å². The van der Waals surface area contributed by atoms with Crippen LogP contribution in [-0.2, 0) is 0 Å². The van der Waals surface area contributed by atoms with Crippen LogP contribution in [0.15, 0.2) is 0 Å². The van der Waals surface area contributed by atoms with Gasteiger partial charge in [-0.1, -0.05) is 6.92 Å². The zero-order valence-corrected chi connectivity index (χ0v) is 11.4. The molecular weight excluding hydrogens is 212 g/mol. The zero-order chi connectivity index (χ0) is 12.7. The van der Waals surface area contributed by atoms with Crippen LogP contribution in [0.3, 0.4) is 0 Å². The van der Waals surface area contributed by atoms with Crippen LogP contribution >= 0.6 is 0 Å². The molecule has 17 heavy (non-hydrogen) atoms. The first kappa shape index (κ1) is 14.4. The first-order valence-electron chi connectivity index (χ1n) is 6.69. The predicted molar refractivity (Wildman–Crippen MR) is 70.8 cm³/mol. The normalized spacial score (nSPS) is 20.4. The van der Waals surface area contributed by atoms with E-state index >= 15 is 0 Å². The summed E-state index contributed by atoms with van der Waals surface area (Å²) < 4.78 is 0. The summed E-state index contributed by atoms with van der Waals surface area (Å²) >= 11 is 0. The third kappa shape index (κ3) is 5.03. The number of hydrogen-bond donors (Lipinski definition) is 1. The van der Waals surface area contributed by atoms with Gasteiger partial charge in [0, 0.05) is 12.6 Å². The molecule has 98 valence electrons. The molecular formula is C13H26N4. The lowest BCUT2D eigenvalue weighted by Gasteiger charge is -2.35. The maximum Gasteiger partial charge on any atom is 0.108 e. The summed E-state index contributed by atoms with van der Waals surface area (Å²) in [6.07, 6.45) is 3.53. The summed E-state index contributed by atoms with van der Waals surface area (Å²) in [5.74, 6) is 0. The smallest absolute Gasteiger partial charge is 0.108 e. The van der Waals surface area contributed by atoms with Crippen molar-refractivity contribution in [3.8, 4) is 6.07 Å². The molecule has 0 aromatic carbocycles. The van der Waals surface area contributed by atoms with E-state index < -0.39 is 0 Å². The quantitative estimate of drug-likeness (QED) is 0.747. The Bertz CT molecular complexity index is 238. The van der Waals surface area contributed by atoms with Crippen LogP contribution in [0.4, 0.5) is 0 Å². The summed E-state index contributed by atoms with van der Waals surface area (Å²) in [5.41, 5.74) is 0. The van der Waals surface area contributed by atoms with Crippen molar-refractivity contribution in [2.24, 2.45) is 0 Å². The lowest BCUT2D eigenvalue weighted by atomic mass is 10.0. The van der Waals surface area contributed by atoms with Crippen molar-refractivity contribution in [1.82, 2.24) is 15.1 Å². The molecule has 0 spiro atoms. The fraction of sp³-hybridized carbons (Fsp3) is 0.923. The van der Waals surface area contributed by atoms with Crippen LogP contribution in [0.2, 0.25) is 0 Å². The van der Waals surface area contributed by atoms with Crippen LogP contribution in [-0.4, -0.2) is 62.2 Å². The number of nitriles is 1. The highest BCUT2D eigenvalue weighted by Crippen LogP contribution is 2.14. The van der Waals surface area contributed by atoms with E-state index in [1.54, 1.807) is 0 Å². The standard InChI is InChI=1S/C13H26N4/c1-4-7-15-12(10-14)11-17-8-5-13(6-9-17)16(2)3/h12-13,15H,4-9,11H2,1-3H3. The van der Waals surface area contributed by atoms with Gasteiger partial charge < -0.3 is 15.1 Å². The summed E-state index contributed by atoms with van der Waals surface area (Å²) in [4.78, 5) is 4.73. The van der Waals surface area contributed by atoms with E-state index in [0.717, 1.165) is 38.6 Å². The molecule has 1 N–H and O–H groups in total. The maximum atomic E-state index is 9.08. The van der Waals surface area contributed by atoms with Gasteiger partial charge in [0.05, 0.1) is 6.07 Å². The molecule has 1 atom stereocenters. The summed E-state index contributed by atoms with van der Waals surface area (Å²) in [5, 5.41) is 12.4. The fourth-order valence-electron chi connectivity index (χ4n) is 2.35. The largest absolute Gasteiger partial charge is 0.306 e. The molecule has 1 unspecified atom stereocenters. The van der Waals surface area contributed by atoms with Gasteiger partial charge in [0.2, 0.25) is 0 Å². The molecule has 1 saturated heterocycles. The molecule has 0 aliphatic carbocycles. The molecule has 0 bridgehead atoms. The molecule has 4 heteroatoms. The van der Waals surface area contributed by atoms with Gasteiger partial charge in [-0.15, -0.1) is 0 Å². The molecule has 0 saturated carbocycles. The molecule has 1 heterocycles. The van der Waals surface area contributed by atoms with Crippen molar-refractivity contribution in [3.63, 3.8) is 0 Å². The second kappa shape index (κ2) is 7.65. The third-order valence-electron chi connectivity index (χ3n) is 3.52. The third-order valence-corrected chi connectivity index (χ3v) is 3.52. The molecule has 0 amide bonds. The minimum Gasteiger partial charge on any atom is -0.306 e. The van der Waals surface area contributed by atoms with Gasteiger partial charge in [-0.05, 0) is 53.0 Å². The molecule has 0 radical (unpaired) electrons. The van der Waals surface area contributed by atoms with Crippen molar-refractivity contribution >= 4 is 0 Å². The summed E-state index contributed by atoms with van der Waals surface area (Å²) in [7, 11) is 4.31. The molecule has 1 aliphatic rings. The maximum absolute atomic E-state index is 9.08. The molecule has 4 nitrogen and oxygen atoms in total. The molecule has 1 rings (SSSR count). The zero-order valence-electron chi connectivity index (χ0n) is 11.4. The number of likely N-dealkylation sites (tertiary alicyclic amines) is 1. The van der Waals surface area contributed by atoms with Crippen LogP contribution < -0.4 is 5.32 Å². The number of hydrogen-bond acceptors (Lipinski definition) is 4. The monoisotopic (exact) mass is 238 g/mol. The Balaban J connectivity index is 2.27. The average Bonchev–Trinajstić information content (AvgIpc) is 2.35. The van der Waals surface area contributed by atoms with E-state index in [0.29, 0.717) is 0 Å². The van der Waals surface area contributed by atoms with Crippen LogP contribution in [0.1, 0.15) is 26.2 Å². The number of nitrogens with zero attached hydrogens (tertiary/aromatic N) is 3. The van der Waals surface area contributed by atoms with Gasteiger partial charge >= 0.3 is 0 Å². The van der Waals surface area contributed by atoms with Gasteiger partial charge in [-0.3, -0.25) is 0 Å². The Morgan fingerprint density at radius 2 is 2.06 bits per heavy atom. The van der Waals surface area contributed by atoms with Crippen molar-refractivity contribution in [1.29, 1.82) is 5.26 Å². The van der Waals surface area contributed by atoms with Gasteiger partial charge in [0.25, 0.3) is 0 Å². The second-order valence-electron chi connectivity index (χ2n) is 5.13. The number of rotatable bonds is 6. The Morgan fingerprint density at radius 1 is 1.41 bits per heavy atom. The van der Waals surface area contributed by atoms with Gasteiger partial charge in [-0.25, -0.2) is 0 Å². The fourth-order valence-corrected chi connectivity index (χ4v) is 2.35. The van der Waals surface area contributed by atoms with Crippen LogP contribution in [0.5, 0.6) is 0 Å². The van der Waals surface area contributed by atoms with E-state index in [-0.39, 0.29) is 6.04 Å². The first-order chi connectivity index (χ1) is 8.17. The average molecular weight is 238 g/mol. The Hall–Kier alpha value is -0.630. The first-order valence-corrected chi connectivity index (χ1v) is 6.69. The minimum atomic E-state index is -0.00847. The molecule has 1 fully saturated rings. The predicted octanol–water partition coefficient (Wildman–Crippen LogP) is 0.904. The number of piperidine rings is 1. The van der Waals surface area contributed by atoms with Crippen LogP contribution in [0, 0.1) is 11.3 Å². The second-order valence-corrected chi connectivity index (χ2v) is 5.13.